The van der Waals surface area contributed by atoms with Crippen molar-refractivity contribution in [3.05, 3.63) is 89.2 Å². The second-order valence-corrected chi connectivity index (χ2v) is 6.76. The Labute approximate surface area is 173 Å². The third-order valence-corrected chi connectivity index (χ3v) is 4.35. The van der Waals surface area contributed by atoms with Gasteiger partial charge in [-0.15, -0.1) is 0 Å². The average Bonchev–Trinajstić information content (AvgIpc) is 2.75. The predicted molar refractivity (Wildman–Crippen MR) is 112 cm³/mol. The Bertz CT molecular complexity index is 961. The minimum absolute atomic E-state index is 0.191. The Morgan fingerprint density at radius 1 is 1.07 bits per heavy atom. The van der Waals surface area contributed by atoms with Crippen LogP contribution >= 0.6 is 11.6 Å². The molecule has 2 N–H and O–H groups in total. The molecule has 148 valence electrons. The molecular formula is C22H20ClN3O3. The lowest BCUT2D eigenvalue weighted by Gasteiger charge is -2.15. The van der Waals surface area contributed by atoms with Gasteiger partial charge >= 0.3 is 0 Å². The Balaban J connectivity index is 1.49. The number of rotatable bonds is 7. The lowest BCUT2D eigenvalue weighted by atomic mass is 10.2. The summed E-state index contributed by atoms with van der Waals surface area (Å²) in [6, 6.07) is 17.5. The Hall–Kier alpha value is -3.38. The second kappa shape index (κ2) is 9.71. The molecule has 0 aliphatic rings. The zero-order valence-corrected chi connectivity index (χ0v) is 16.5. The number of nitrogens with zero attached hydrogens (tertiary/aromatic N) is 1. The molecule has 1 aromatic heterocycles. The van der Waals surface area contributed by atoms with E-state index in [1.54, 1.807) is 61.7 Å². The van der Waals surface area contributed by atoms with E-state index in [1.165, 1.54) is 6.20 Å². The lowest BCUT2D eigenvalue weighted by Crippen LogP contribution is -2.30. The minimum atomic E-state index is -0.672. The van der Waals surface area contributed by atoms with Gasteiger partial charge in [0.25, 0.3) is 11.8 Å². The third-order valence-electron chi connectivity index (χ3n) is 4.09. The number of anilines is 1. The van der Waals surface area contributed by atoms with Gasteiger partial charge in [0.1, 0.15) is 5.75 Å². The fourth-order valence-corrected chi connectivity index (χ4v) is 2.63. The quantitative estimate of drug-likeness (QED) is 0.616. The molecule has 1 heterocycles. The van der Waals surface area contributed by atoms with E-state index >= 15 is 0 Å². The molecule has 3 rings (SSSR count). The van der Waals surface area contributed by atoms with Gasteiger partial charge in [-0.3, -0.25) is 14.6 Å². The molecule has 0 saturated carbocycles. The molecule has 1 atom stereocenters. The SMILES string of the molecule is CC(Oc1ccc(Cl)cc1)C(=O)Nc1ccc(CNC(=O)c2cccnc2)cc1. The van der Waals surface area contributed by atoms with Crippen molar-refractivity contribution in [3.8, 4) is 5.75 Å². The maximum absolute atomic E-state index is 12.3. The van der Waals surface area contributed by atoms with E-state index in [-0.39, 0.29) is 11.8 Å². The van der Waals surface area contributed by atoms with Crippen molar-refractivity contribution in [3.63, 3.8) is 0 Å². The van der Waals surface area contributed by atoms with Gasteiger partial charge in [-0.05, 0) is 61.0 Å². The number of benzene rings is 2. The first-order chi connectivity index (χ1) is 14.0. The minimum Gasteiger partial charge on any atom is -0.481 e. The van der Waals surface area contributed by atoms with Crippen molar-refractivity contribution in [1.29, 1.82) is 0 Å². The largest absolute Gasteiger partial charge is 0.481 e. The summed E-state index contributed by atoms with van der Waals surface area (Å²) >= 11 is 5.84. The predicted octanol–water partition coefficient (Wildman–Crippen LogP) is 4.07. The first-order valence-electron chi connectivity index (χ1n) is 9.01. The maximum atomic E-state index is 12.3. The van der Waals surface area contributed by atoms with Crippen LogP contribution in [0.15, 0.2) is 73.1 Å². The van der Waals surface area contributed by atoms with Gasteiger partial charge in [-0.1, -0.05) is 23.7 Å². The third kappa shape index (κ3) is 6.05. The molecule has 0 bridgehead atoms. The summed E-state index contributed by atoms with van der Waals surface area (Å²) in [7, 11) is 0. The van der Waals surface area contributed by atoms with Crippen LogP contribution in [0.3, 0.4) is 0 Å². The summed E-state index contributed by atoms with van der Waals surface area (Å²) in [6.45, 7) is 2.05. The standard InChI is InChI=1S/C22H20ClN3O3/c1-15(29-20-10-6-18(23)7-11-20)21(27)26-19-8-4-16(5-9-19)13-25-22(28)17-3-2-12-24-14-17/h2-12,14-15H,13H2,1H3,(H,25,28)(H,26,27). The van der Waals surface area contributed by atoms with Crippen LogP contribution in [0.5, 0.6) is 5.75 Å². The molecule has 0 aliphatic heterocycles. The van der Waals surface area contributed by atoms with Crippen LogP contribution in [0.4, 0.5) is 5.69 Å². The monoisotopic (exact) mass is 409 g/mol. The number of carbonyl (C=O) groups excluding carboxylic acids is 2. The van der Waals surface area contributed by atoms with E-state index < -0.39 is 6.10 Å². The smallest absolute Gasteiger partial charge is 0.265 e. The Morgan fingerprint density at radius 3 is 2.45 bits per heavy atom. The van der Waals surface area contributed by atoms with E-state index in [9.17, 15) is 9.59 Å². The summed E-state index contributed by atoms with van der Waals surface area (Å²) in [5, 5.41) is 6.24. The highest BCUT2D eigenvalue weighted by molar-refractivity contribution is 6.30. The number of ether oxygens (including phenoxy) is 1. The van der Waals surface area contributed by atoms with E-state index in [0.717, 1.165) is 5.56 Å². The number of carbonyl (C=O) groups is 2. The van der Waals surface area contributed by atoms with Crippen molar-refractivity contribution in [1.82, 2.24) is 10.3 Å². The van der Waals surface area contributed by atoms with Crippen LogP contribution in [0, 0.1) is 0 Å². The van der Waals surface area contributed by atoms with E-state index in [1.807, 2.05) is 12.1 Å². The highest BCUT2D eigenvalue weighted by atomic mass is 35.5. The molecule has 2 aromatic carbocycles. The summed E-state index contributed by atoms with van der Waals surface area (Å²) in [4.78, 5) is 28.3. The van der Waals surface area contributed by atoms with Gasteiger partial charge in [-0.2, -0.15) is 0 Å². The van der Waals surface area contributed by atoms with Gasteiger partial charge in [0.05, 0.1) is 5.56 Å². The second-order valence-electron chi connectivity index (χ2n) is 6.32. The molecule has 0 aliphatic carbocycles. The molecule has 2 amide bonds. The Kier molecular flexibility index (Phi) is 6.81. The molecule has 7 heteroatoms. The maximum Gasteiger partial charge on any atom is 0.265 e. The molecule has 1 unspecified atom stereocenters. The first kappa shape index (κ1) is 20.4. The highest BCUT2D eigenvalue weighted by Crippen LogP contribution is 2.17. The van der Waals surface area contributed by atoms with Crippen LogP contribution in [-0.2, 0) is 11.3 Å². The Morgan fingerprint density at radius 2 is 1.79 bits per heavy atom. The number of halogens is 1. The van der Waals surface area contributed by atoms with Crippen LogP contribution in [0.1, 0.15) is 22.8 Å². The van der Waals surface area contributed by atoms with Gasteiger partial charge in [0.15, 0.2) is 6.10 Å². The summed E-state index contributed by atoms with van der Waals surface area (Å²) < 4.78 is 5.61. The van der Waals surface area contributed by atoms with Gasteiger partial charge in [-0.25, -0.2) is 0 Å². The van der Waals surface area contributed by atoms with Crippen LogP contribution in [-0.4, -0.2) is 22.9 Å². The fourth-order valence-electron chi connectivity index (χ4n) is 2.50. The molecule has 6 nitrogen and oxygen atoms in total. The molecule has 0 saturated heterocycles. The number of aromatic nitrogens is 1. The molecule has 0 spiro atoms. The molecule has 29 heavy (non-hydrogen) atoms. The van der Waals surface area contributed by atoms with Crippen molar-refractivity contribution < 1.29 is 14.3 Å². The van der Waals surface area contributed by atoms with Crippen LogP contribution < -0.4 is 15.4 Å². The average molecular weight is 410 g/mol. The number of hydrogen-bond acceptors (Lipinski definition) is 4. The van der Waals surface area contributed by atoms with Crippen molar-refractivity contribution >= 4 is 29.1 Å². The number of pyridine rings is 1. The zero-order chi connectivity index (χ0) is 20.6. The summed E-state index contributed by atoms with van der Waals surface area (Å²) in [5.41, 5.74) is 2.06. The van der Waals surface area contributed by atoms with Crippen molar-refractivity contribution in [2.24, 2.45) is 0 Å². The molecule has 3 aromatic rings. The fraction of sp³-hybridized carbons (Fsp3) is 0.136. The van der Waals surface area contributed by atoms with E-state index in [0.29, 0.717) is 28.6 Å². The molecule has 0 radical (unpaired) electrons. The van der Waals surface area contributed by atoms with E-state index in [2.05, 4.69) is 15.6 Å². The zero-order valence-electron chi connectivity index (χ0n) is 15.8. The van der Waals surface area contributed by atoms with Crippen LogP contribution in [0.2, 0.25) is 5.02 Å². The first-order valence-corrected chi connectivity index (χ1v) is 9.39. The van der Waals surface area contributed by atoms with E-state index in [4.69, 9.17) is 16.3 Å². The normalized spacial score (nSPS) is 11.4. The summed E-state index contributed by atoms with van der Waals surface area (Å²) in [5.74, 6) is 0.109. The molecular weight excluding hydrogens is 390 g/mol. The number of hydrogen-bond donors (Lipinski definition) is 2. The van der Waals surface area contributed by atoms with Crippen LogP contribution in [0.25, 0.3) is 0 Å². The van der Waals surface area contributed by atoms with Gasteiger partial charge < -0.3 is 15.4 Å². The van der Waals surface area contributed by atoms with Gasteiger partial charge in [0, 0.05) is 29.6 Å². The molecule has 0 fully saturated rings. The lowest BCUT2D eigenvalue weighted by molar-refractivity contribution is -0.122. The highest BCUT2D eigenvalue weighted by Gasteiger charge is 2.15. The number of nitrogens with one attached hydrogen (secondary N) is 2. The van der Waals surface area contributed by atoms with Gasteiger partial charge in [0.2, 0.25) is 0 Å². The van der Waals surface area contributed by atoms with Crippen molar-refractivity contribution in [2.45, 2.75) is 19.6 Å². The number of amides is 2. The van der Waals surface area contributed by atoms with Crippen molar-refractivity contribution in [2.75, 3.05) is 5.32 Å². The topological polar surface area (TPSA) is 80.3 Å². The summed E-state index contributed by atoms with van der Waals surface area (Å²) in [6.07, 6.45) is 2.46.